The number of halogens is 3. The summed E-state index contributed by atoms with van der Waals surface area (Å²) in [5, 5.41) is 6.53. The number of rotatable bonds is 4. The lowest BCUT2D eigenvalue weighted by atomic mass is 9.95. The van der Waals surface area contributed by atoms with Gasteiger partial charge in [0.15, 0.2) is 5.96 Å². The summed E-state index contributed by atoms with van der Waals surface area (Å²) in [7, 11) is 0. The first-order chi connectivity index (χ1) is 13.6. The molecule has 3 aromatic carbocycles. The van der Waals surface area contributed by atoms with Crippen LogP contribution in [0.2, 0.25) is 0 Å². The molecule has 0 fully saturated rings. The van der Waals surface area contributed by atoms with Gasteiger partial charge in [-0.05, 0) is 53.1 Å². The van der Waals surface area contributed by atoms with Gasteiger partial charge in [0.05, 0.1) is 6.04 Å². The number of hydrogen-bond acceptors (Lipinski definition) is 3. The average molecular weight is 381 g/mol. The van der Waals surface area contributed by atoms with Crippen molar-refractivity contribution in [1.82, 2.24) is 10.6 Å². The lowest BCUT2D eigenvalue weighted by Crippen LogP contribution is -2.35. The zero-order chi connectivity index (χ0) is 19.5. The van der Waals surface area contributed by atoms with Crippen molar-refractivity contribution in [3.8, 4) is 0 Å². The molecule has 1 aliphatic rings. The Balaban J connectivity index is 1.57. The summed E-state index contributed by atoms with van der Waals surface area (Å²) < 4.78 is 39.7. The van der Waals surface area contributed by atoms with Crippen molar-refractivity contribution in [3.05, 3.63) is 107 Å². The van der Waals surface area contributed by atoms with Gasteiger partial charge in [-0.15, -0.1) is 0 Å². The smallest absolute Gasteiger partial charge is 0.192 e. The number of aliphatic imine (C=N–C) groups is 1. The molecule has 1 aliphatic heterocycles. The highest BCUT2D eigenvalue weighted by Crippen LogP contribution is 2.35. The molecule has 0 saturated heterocycles. The summed E-state index contributed by atoms with van der Waals surface area (Å²) >= 11 is 0. The van der Waals surface area contributed by atoms with Gasteiger partial charge in [-0.25, -0.2) is 18.2 Å². The molecular formula is C22H18F3N3. The fraction of sp³-hybridized carbons (Fsp3) is 0.136. The van der Waals surface area contributed by atoms with E-state index in [1.807, 2.05) is 0 Å². The topological polar surface area (TPSA) is 36.4 Å². The second-order valence-electron chi connectivity index (χ2n) is 6.63. The Morgan fingerprint density at radius 3 is 1.79 bits per heavy atom. The number of hydrogen-bond donors (Lipinski definition) is 2. The third-order valence-electron chi connectivity index (χ3n) is 4.69. The van der Waals surface area contributed by atoms with Crippen molar-refractivity contribution in [2.45, 2.75) is 18.6 Å². The van der Waals surface area contributed by atoms with Crippen molar-refractivity contribution in [1.29, 1.82) is 0 Å². The average Bonchev–Trinajstić information content (AvgIpc) is 3.13. The van der Waals surface area contributed by atoms with Gasteiger partial charge in [0.1, 0.15) is 23.5 Å². The molecule has 0 amide bonds. The number of guanidine groups is 1. The molecular weight excluding hydrogens is 363 g/mol. The molecule has 28 heavy (non-hydrogen) atoms. The van der Waals surface area contributed by atoms with E-state index in [4.69, 9.17) is 4.99 Å². The van der Waals surface area contributed by atoms with Crippen LogP contribution in [0.3, 0.4) is 0 Å². The van der Waals surface area contributed by atoms with Crippen LogP contribution in [0, 0.1) is 17.5 Å². The molecule has 2 atom stereocenters. The highest BCUT2D eigenvalue weighted by molar-refractivity contribution is 5.82. The van der Waals surface area contributed by atoms with Crippen LogP contribution in [0.1, 0.15) is 28.8 Å². The second kappa shape index (κ2) is 7.76. The molecule has 0 aromatic heterocycles. The number of nitrogens with one attached hydrogen (secondary N) is 2. The molecule has 0 spiro atoms. The van der Waals surface area contributed by atoms with Crippen molar-refractivity contribution in [3.63, 3.8) is 0 Å². The molecule has 1 heterocycles. The largest absolute Gasteiger partial charge is 0.352 e. The molecule has 142 valence electrons. The van der Waals surface area contributed by atoms with Crippen molar-refractivity contribution in [2.75, 3.05) is 0 Å². The summed E-state index contributed by atoms with van der Waals surface area (Å²) in [5.74, 6) is -0.330. The minimum Gasteiger partial charge on any atom is -0.352 e. The Labute approximate surface area is 160 Å². The third-order valence-corrected chi connectivity index (χ3v) is 4.69. The Morgan fingerprint density at radius 2 is 1.21 bits per heavy atom. The predicted octanol–water partition coefficient (Wildman–Crippen LogP) is 4.64. The predicted molar refractivity (Wildman–Crippen MR) is 102 cm³/mol. The third kappa shape index (κ3) is 4.01. The van der Waals surface area contributed by atoms with Gasteiger partial charge in [-0.3, -0.25) is 0 Å². The van der Waals surface area contributed by atoms with Crippen molar-refractivity contribution in [2.24, 2.45) is 4.99 Å². The van der Waals surface area contributed by atoms with Crippen LogP contribution < -0.4 is 10.6 Å². The summed E-state index contributed by atoms with van der Waals surface area (Å²) in [6.45, 7) is 0.471. The maximum atomic E-state index is 13.3. The molecule has 2 N–H and O–H groups in total. The number of nitrogens with zero attached hydrogens (tertiary/aromatic N) is 1. The summed E-state index contributed by atoms with van der Waals surface area (Å²) in [4.78, 5) is 4.70. The fourth-order valence-electron chi connectivity index (χ4n) is 3.22. The van der Waals surface area contributed by atoms with Crippen LogP contribution in [0.15, 0.2) is 77.8 Å². The van der Waals surface area contributed by atoms with Crippen LogP contribution in [0.4, 0.5) is 13.2 Å². The lowest BCUT2D eigenvalue weighted by Gasteiger charge is -2.19. The Morgan fingerprint density at radius 1 is 0.714 bits per heavy atom. The van der Waals surface area contributed by atoms with E-state index in [1.165, 1.54) is 36.4 Å². The van der Waals surface area contributed by atoms with E-state index in [-0.39, 0.29) is 29.5 Å². The van der Waals surface area contributed by atoms with E-state index in [0.29, 0.717) is 12.5 Å². The SMILES string of the molecule is Fc1ccc(CNC2=NC(c3ccc(F)cc3)C(c3ccc(F)cc3)N2)cc1. The molecule has 0 radical (unpaired) electrons. The molecule has 3 nitrogen and oxygen atoms in total. The van der Waals surface area contributed by atoms with Crippen molar-refractivity contribution < 1.29 is 13.2 Å². The quantitative estimate of drug-likeness (QED) is 0.691. The maximum Gasteiger partial charge on any atom is 0.192 e. The van der Waals surface area contributed by atoms with Gasteiger partial charge < -0.3 is 10.6 Å². The van der Waals surface area contributed by atoms with E-state index in [1.54, 1.807) is 36.4 Å². The van der Waals surface area contributed by atoms with Gasteiger partial charge in [0, 0.05) is 6.54 Å². The van der Waals surface area contributed by atoms with Gasteiger partial charge >= 0.3 is 0 Å². The highest BCUT2D eigenvalue weighted by atomic mass is 19.1. The second-order valence-corrected chi connectivity index (χ2v) is 6.63. The molecule has 0 aliphatic carbocycles. The molecule has 2 unspecified atom stereocenters. The Kier molecular flexibility index (Phi) is 5.02. The highest BCUT2D eigenvalue weighted by Gasteiger charge is 2.31. The van der Waals surface area contributed by atoms with Gasteiger partial charge in [-0.1, -0.05) is 36.4 Å². The van der Waals surface area contributed by atoms with Crippen LogP contribution in [-0.4, -0.2) is 5.96 Å². The first-order valence-corrected chi connectivity index (χ1v) is 8.92. The minimum absolute atomic E-state index is 0.221. The zero-order valence-corrected chi connectivity index (χ0v) is 14.9. The molecule has 4 rings (SSSR count). The zero-order valence-electron chi connectivity index (χ0n) is 14.9. The van der Waals surface area contributed by atoms with Crippen LogP contribution in [-0.2, 0) is 6.54 Å². The lowest BCUT2D eigenvalue weighted by molar-refractivity contribution is 0.563. The maximum absolute atomic E-state index is 13.3. The Hall–Kier alpha value is -3.28. The van der Waals surface area contributed by atoms with Gasteiger partial charge in [0.2, 0.25) is 0 Å². The first-order valence-electron chi connectivity index (χ1n) is 8.92. The fourth-order valence-corrected chi connectivity index (χ4v) is 3.22. The molecule has 6 heteroatoms. The van der Waals surface area contributed by atoms with Crippen LogP contribution in [0.5, 0.6) is 0 Å². The van der Waals surface area contributed by atoms with E-state index in [0.717, 1.165) is 16.7 Å². The Bertz CT molecular complexity index is 967. The van der Waals surface area contributed by atoms with Gasteiger partial charge in [0.25, 0.3) is 0 Å². The first kappa shape index (κ1) is 18.1. The minimum atomic E-state index is -0.313. The van der Waals surface area contributed by atoms with Crippen LogP contribution >= 0.6 is 0 Å². The molecule has 3 aromatic rings. The van der Waals surface area contributed by atoms with E-state index >= 15 is 0 Å². The van der Waals surface area contributed by atoms with E-state index < -0.39 is 0 Å². The van der Waals surface area contributed by atoms with Crippen molar-refractivity contribution >= 4 is 5.96 Å². The van der Waals surface area contributed by atoms with E-state index in [9.17, 15) is 13.2 Å². The summed E-state index contributed by atoms with van der Waals surface area (Å²) in [6, 6.07) is 18.1. The monoisotopic (exact) mass is 381 g/mol. The van der Waals surface area contributed by atoms with E-state index in [2.05, 4.69) is 10.6 Å². The molecule has 0 bridgehead atoms. The summed E-state index contributed by atoms with van der Waals surface area (Å²) in [5.41, 5.74) is 2.63. The number of benzene rings is 3. The molecule has 0 saturated carbocycles. The van der Waals surface area contributed by atoms with Crippen LogP contribution in [0.25, 0.3) is 0 Å². The standard InChI is InChI=1S/C22H18F3N3/c23-17-7-1-14(2-8-17)13-26-22-27-20(15-3-9-18(24)10-4-15)21(28-22)16-5-11-19(25)12-6-16/h1-12,20-21H,13H2,(H2,26,27,28). The normalized spacial score (nSPS) is 18.5. The van der Waals surface area contributed by atoms with Gasteiger partial charge in [-0.2, -0.15) is 0 Å². The summed E-state index contributed by atoms with van der Waals surface area (Å²) in [6.07, 6.45) is 0.